The van der Waals surface area contributed by atoms with Crippen LogP contribution in [0.15, 0.2) is 83.0 Å². The molecule has 0 aliphatic heterocycles. The van der Waals surface area contributed by atoms with Crippen LogP contribution in [-0.2, 0) is 22.2 Å². The Kier molecular flexibility index (Phi) is 8.12. The molecule has 9 heteroatoms. The number of carbonyl (C=O) groups excluding carboxylic acids is 1. The molecule has 0 saturated carbocycles. The van der Waals surface area contributed by atoms with E-state index in [0.717, 1.165) is 16.6 Å². The fourth-order valence-corrected chi connectivity index (χ4v) is 3.34. The molecule has 0 unspecified atom stereocenters. The predicted octanol–water partition coefficient (Wildman–Crippen LogP) is 6.43. The summed E-state index contributed by atoms with van der Waals surface area (Å²) in [6.07, 6.45) is -3.34. The number of benzene rings is 3. The van der Waals surface area contributed by atoms with Crippen LogP contribution >= 0.6 is 15.9 Å². The van der Waals surface area contributed by atoms with E-state index in [4.69, 9.17) is 4.74 Å². The number of aryl methyl sites for hydroxylation is 1. The number of aliphatic carboxylic acids is 1. The smallest absolute Gasteiger partial charge is 0.416 e. The van der Waals surface area contributed by atoms with Gasteiger partial charge in [-0.15, -0.1) is 0 Å². The summed E-state index contributed by atoms with van der Waals surface area (Å²) in [6.45, 7) is 0. The van der Waals surface area contributed by atoms with Gasteiger partial charge in [0.15, 0.2) is 0 Å². The highest BCUT2D eigenvalue weighted by Gasteiger charge is 2.30. The largest absolute Gasteiger partial charge is 0.477 e. The van der Waals surface area contributed by atoms with Crippen molar-refractivity contribution in [1.82, 2.24) is 5.32 Å². The second-order valence-electron chi connectivity index (χ2n) is 7.21. The van der Waals surface area contributed by atoms with E-state index in [1.807, 2.05) is 18.2 Å². The van der Waals surface area contributed by atoms with Gasteiger partial charge in [-0.2, -0.15) is 13.2 Å². The number of alkyl halides is 3. The molecule has 0 aromatic heterocycles. The fourth-order valence-electron chi connectivity index (χ4n) is 2.98. The Bertz CT molecular complexity index is 1210. The average molecular weight is 534 g/mol. The molecule has 0 heterocycles. The van der Waals surface area contributed by atoms with Crippen molar-refractivity contribution in [2.45, 2.75) is 19.0 Å². The van der Waals surface area contributed by atoms with E-state index in [1.165, 1.54) is 18.2 Å². The molecule has 0 atom stereocenters. The zero-order valence-electron chi connectivity index (χ0n) is 17.6. The van der Waals surface area contributed by atoms with Gasteiger partial charge in [-0.1, -0.05) is 42.5 Å². The zero-order valence-corrected chi connectivity index (χ0v) is 19.2. The van der Waals surface area contributed by atoms with E-state index in [-0.39, 0.29) is 18.5 Å². The summed E-state index contributed by atoms with van der Waals surface area (Å²) in [5.41, 5.74) is -0.321. The maximum absolute atomic E-state index is 12.8. The lowest BCUT2D eigenvalue weighted by atomic mass is 10.1. The average Bonchev–Trinajstić information content (AvgIpc) is 2.79. The Morgan fingerprint density at radius 3 is 2.35 bits per heavy atom. The Morgan fingerprint density at radius 2 is 1.71 bits per heavy atom. The minimum atomic E-state index is -4.48. The SMILES string of the molecule is O=C(CCc1cccc(C(F)(F)F)c1)NC(=Cc1ccc(Oc2ccccc2Br)cc1)C(=O)O. The molecule has 5 nitrogen and oxygen atoms in total. The highest BCUT2D eigenvalue weighted by molar-refractivity contribution is 9.10. The number of carboxylic acids is 1. The summed E-state index contributed by atoms with van der Waals surface area (Å²) in [4.78, 5) is 23.8. The second kappa shape index (κ2) is 11.0. The minimum Gasteiger partial charge on any atom is -0.477 e. The van der Waals surface area contributed by atoms with Gasteiger partial charge in [0.1, 0.15) is 17.2 Å². The number of carbonyl (C=O) groups is 2. The highest BCUT2D eigenvalue weighted by atomic mass is 79.9. The van der Waals surface area contributed by atoms with Crippen molar-refractivity contribution >= 4 is 33.9 Å². The van der Waals surface area contributed by atoms with E-state index in [0.29, 0.717) is 22.6 Å². The predicted molar refractivity (Wildman–Crippen MR) is 124 cm³/mol. The number of hydrogen-bond donors (Lipinski definition) is 2. The first-order valence-electron chi connectivity index (χ1n) is 10.1. The van der Waals surface area contributed by atoms with Crippen molar-refractivity contribution in [2.75, 3.05) is 0 Å². The number of carboxylic acid groups (broad SMARTS) is 1. The molecule has 0 aliphatic carbocycles. The lowest BCUT2D eigenvalue weighted by Gasteiger charge is -2.10. The van der Waals surface area contributed by atoms with E-state index < -0.39 is 23.6 Å². The van der Waals surface area contributed by atoms with Crippen LogP contribution in [0.5, 0.6) is 11.5 Å². The molecule has 0 spiro atoms. The lowest BCUT2D eigenvalue weighted by Crippen LogP contribution is -2.27. The van der Waals surface area contributed by atoms with Crippen LogP contribution in [0.25, 0.3) is 6.08 Å². The molecule has 3 aromatic carbocycles. The molecule has 0 aliphatic rings. The first kappa shape index (κ1) is 25.0. The number of rotatable bonds is 8. The van der Waals surface area contributed by atoms with Gasteiger partial charge >= 0.3 is 12.1 Å². The fraction of sp³-hybridized carbons (Fsp3) is 0.120. The Morgan fingerprint density at radius 1 is 1.00 bits per heavy atom. The quantitative estimate of drug-likeness (QED) is 0.327. The number of hydrogen-bond acceptors (Lipinski definition) is 3. The topological polar surface area (TPSA) is 75.6 Å². The van der Waals surface area contributed by atoms with Crippen molar-refractivity contribution in [3.8, 4) is 11.5 Å². The summed E-state index contributed by atoms with van der Waals surface area (Å²) in [7, 11) is 0. The third-order valence-electron chi connectivity index (χ3n) is 4.66. The summed E-state index contributed by atoms with van der Waals surface area (Å²) < 4.78 is 45.0. The standard InChI is InChI=1S/C25H19BrF3NO4/c26-20-6-1-2-7-22(20)34-19-11-8-17(9-12-19)15-21(24(32)33)30-23(31)13-10-16-4-3-5-18(14-16)25(27,28)29/h1-9,11-12,14-15H,10,13H2,(H,30,31)(H,32,33). The van der Waals surface area contributed by atoms with E-state index in [9.17, 15) is 27.9 Å². The second-order valence-corrected chi connectivity index (χ2v) is 8.07. The summed E-state index contributed by atoms with van der Waals surface area (Å²) in [5.74, 6) is -0.822. The lowest BCUT2D eigenvalue weighted by molar-refractivity contribution is -0.137. The van der Waals surface area contributed by atoms with Crippen molar-refractivity contribution < 1.29 is 32.6 Å². The van der Waals surface area contributed by atoms with Gasteiger partial charge in [-0.25, -0.2) is 4.79 Å². The summed E-state index contributed by atoms with van der Waals surface area (Å²) >= 11 is 3.39. The number of para-hydroxylation sites is 1. The van der Waals surface area contributed by atoms with Crippen molar-refractivity contribution in [1.29, 1.82) is 0 Å². The molecule has 0 bridgehead atoms. The van der Waals surface area contributed by atoms with Gasteiger partial charge in [0.05, 0.1) is 10.0 Å². The van der Waals surface area contributed by atoms with Crippen LogP contribution < -0.4 is 10.1 Å². The van der Waals surface area contributed by atoms with Gasteiger partial charge < -0.3 is 15.2 Å². The van der Waals surface area contributed by atoms with E-state index in [1.54, 1.807) is 30.3 Å². The maximum Gasteiger partial charge on any atom is 0.416 e. The van der Waals surface area contributed by atoms with Crippen LogP contribution in [0.3, 0.4) is 0 Å². The maximum atomic E-state index is 12.8. The van der Waals surface area contributed by atoms with Gasteiger partial charge in [0.25, 0.3) is 0 Å². The molecule has 1 amide bonds. The van der Waals surface area contributed by atoms with Gasteiger partial charge in [0.2, 0.25) is 5.91 Å². The normalized spacial score (nSPS) is 11.7. The van der Waals surface area contributed by atoms with E-state index in [2.05, 4.69) is 21.2 Å². The zero-order chi connectivity index (χ0) is 24.7. The summed E-state index contributed by atoms with van der Waals surface area (Å²) in [6, 6.07) is 18.5. The number of ether oxygens (including phenoxy) is 1. The van der Waals surface area contributed by atoms with Crippen LogP contribution in [0.4, 0.5) is 13.2 Å². The minimum absolute atomic E-state index is 0.0315. The third kappa shape index (κ3) is 7.21. The van der Waals surface area contributed by atoms with Crippen LogP contribution in [0.2, 0.25) is 0 Å². The number of halogens is 4. The van der Waals surface area contributed by atoms with Crippen molar-refractivity contribution in [3.05, 3.63) is 99.7 Å². The first-order valence-corrected chi connectivity index (χ1v) is 10.8. The molecule has 176 valence electrons. The van der Waals surface area contributed by atoms with Gasteiger partial charge in [0, 0.05) is 6.42 Å². The number of amides is 1. The highest BCUT2D eigenvalue weighted by Crippen LogP contribution is 2.30. The molecule has 3 rings (SSSR count). The molecule has 0 fully saturated rings. The summed E-state index contributed by atoms with van der Waals surface area (Å²) in [5, 5.41) is 11.7. The van der Waals surface area contributed by atoms with Gasteiger partial charge in [-0.05, 0) is 69.9 Å². The van der Waals surface area contributed by atoms with Crippen molar-refractivity contribution in [2.24, 2.45) is 0 Å². The first-order chi connectivity index (χ1) is 16.1. The Labute approximate surface area is 202 Å². The van der Waals surface area contributed by atoms with Crippen LogP contribution in [-0.4, -0.2) is 17.0 Å². The van der Waals surface area contributed by atoms with E-state index >= 15 is 0 Å². The molecule has 0 radical (unpaired) electrons. The monoisotopic (exact) mass is 533 g/mol. The Hall–Kier alpha value is -3.59. The van der Waals surface area contributed by atoms with Gasteiger partial charge in [-0.3, -0.25) is 4.79 Å². The third-order valence-corrected chi connectivity index (χ3v) is 5.31. The molecule has 2 N–H and O–H groups in total. The molecular weight excluding hydrogens is 515 g/mol. The molecular formula is C25H19BrF3NO4. The van der Waals surface area contributed by atoms with Crippen molar-refractivity contribution in [3.63, 3.8) is 0 Å². The molecule has 3 aromatic rings. The number of nitrogens with one attached hydrogen (secondary N) is 1. The van der Waals surface area contributed by atoms with Crippen LogP contribution in [0, 0.1) is 0 Å². The molecule has 0 saturated heterocycles. The van der Waals surface area contributed by atoms with Crippen LogP contribution in [0.1, 0.15) is 23.1 Å². The Balaban J connectivity index is 1.63. The molecule has 34 heavy (non-hydrogen) atoms.